The maximum Gasteiger partial charge on any atom is 0.251 e. The van der Waals surface area contributed by atoms with Crippen LogP contribution in [0.25, 0.3) is 0 Å². The van der Waals surface area contributed by atoms with Crippen molar-refractivity contribution in [2.45, 2.75) is 13.3 Å². The molecule has 0 fully saturated rings. The number of nitrogens with zero attached hydrogens (tertiary/aromatic N) is 1. The molecule has 1 aromatic heterocycles. The third-order valence-electron chi connectivity index (χ3n) is 2.21. The number of benzene rings is 1. The lowest BCUT2D eigenvalue weighted by atomic mass is 10.1. The van der Waals surface area contributed by atoms with Crippen LogP contribution in [-0.2, 0) is 6.42 Å². The smallest absolute Gasteiger partial charge is 0.251 e. The summed E-state index contributed by atoms with van der Waals surface area (Å²) in [7, 11) is 0. The van der Waals surface area contributed by atoms with Crippen LogP contribution >= 0.6 is 11.6 Å². The molecule has 2 aromatic rings. The van der Waals surface area contributed by atoms with Crippen molar-refractivity contribution in [1.82, 2.24) is 9.97 Å². The third-order valence-corrected chi connectivity index (χ3v) is 2.46. The Bertz CT molecular complexity index is 546. The zero-order chi connectivity index (χ0) is 11.5. The van der Waals surface area contributed by atoms with Crippen LogP contribution in [0, 0.1) is 6.92 Å². The first-order chi connectivity index (χ1) is 7.63. The van der Waals surface area contributed by atoms with Crippen molar-refractivity contribution < 1.29 is 0 Å². The number of hydrogen-bond acceptors (Lipinski definition) is 2. The molecule has 3 nitrogen and oxygen atoms in total. The lowest BCUT2D eigenvalue weighted by Crippen LogP contribution is -2.10. The molecule has 4 heteroatoms. The summed E-state index contributed by atoms with van der Waals surface area (Å²) >= 11 is 5.79. The van der Waals surface area contributed by atoms with Gasteiger partial charge in [0.1, 0.15) is 5.82 Å². The van der Waals surface area contributed by atoms with E-state index in [2.05, 4.69) is 9.97 Å². The van der Waals surface area contributed by atoms with E-state index in [0.717, 1.165) is 11.3 Å². The molecule has 0 bridgehead atoms. The first kappa shape index (κ1) is 10.9. The minimum atomic E-state index is -0.114. The highest BCUT2D eigenvalue weighted by Crippen LogP contribution is 2.11. The van der Waals surface area contributed by atoms with Gasteiger partial charge in [0.25, 0.3) is 5.56 Å². The quantitative estimate of drug-likeness (QED) is 0.867. The van der Waals surface area contributed by atoms with Crippen molar-refractivity contribution >= 4 is 11.6 Å². The number of aromatic nitrogens is 2. The molecule has 0 unspecified atom stereocenters. The van der Waals surface area contributed by atoms with Gasteiger partial charge in [-0.3, -0.25) is 4.79 Å². The largest absolute Gasteiger partial charge is 0.311 e. The van der Waals surface area contributed by atoms with Crippen LogP contribution < -0.4 is 5.56 Å². The van der Waals surface area contributed by atoms with Crippen molar-refractivity contribution in [2.75, 3.05) is 0 Å². The summed E-state index contributed by atoms with van der Waals surface area (Å²) in [4.78, 5) is 18.1. The van der Waals surface area contributed by atoms with E-state index in [-0.39, 0.29) is 5.56 Å². The fraction of sp³-hybridized carbons (Fsp3) is 0.167. The van der Waals surface area contributed by atoms with Gasteiger partial charge in [-0.05, 0) is 24.6 Å². The van der Waals surface area contributed by atoms with E-state index in [1.807, 2.05) is 24.3 Å². The highest BCUT2D eigenvalue weighted by molar-refractivity contribution is 6.30. The number of nitrogens with one attached hydrogen (secondary N) is 1. The SMILES string of the molecule is Cc1nc(Cc2ccc(Cl)cc2)cc(=O)[nH]1. The average molecular weight is 235 g/mol. The highest BCUT2D eigenvalue weighted by Gasteiger charge is 2.00. The first-order valence-corrected chi connectivity index (χ1v) is 5.32. The molecule has 0 aliphatic rings. The summed E-state index contributed by atoms with van der Waals surface area (Å²) in [6.45, 7) is 1.77. The molecule has 0 amide bonds. The van der Waals surface area contributed by atoms with Crippen molar-refractivity contribution in [1.29, 1.82) is 0 Å². The summed E-state index contributed by atoms with van der Waals surface area (Å²) < 4.78 is 0. The Morgan fingerprint density at radius 3 is 2.62 bits per heavy atom. The van der Waals surface area contributed by atoms with Crippen molar-refractivity contribution in [3.05, 3.63) is 62.8 Å². The minimum Gasteiger partial charge on any atom is -0.311 e. The number of aromatic amines is 1. The summed E-state index contributed by atoms with van der Waals surface area (Å²) in [6.07, 6.45) is 0.641. The summed E-state index contributed by atoms with van der Waals surface area (Å²) in [5.41, 5.74) is 1.74. The second-order valence-electron chi connectivity index (χ2n) is 3.63. The maximum atomic E-state index is 11.2. The van der Waals surface area contributed by atoms with Gasteiger partial charge < -0.3 is 4.98 Å². The van der Waals surface area contributed by atoms with Gasteiger partial charge in [-0.15, -0.1) is 0 Å². The lowest BCUT2D eigenvalue weighted by Gasteiger charge is -2.02. The Morgan fingerprint density at radius 1 is 1.31 bits per heavy atom. The van der Waals surface area contributed by atoms with E-state index in [9.17, 15) is 4.79 Å². The van der Waals surface area contributed by atoms with Gasteiger partial charge in [-0.2, -0.15) is 0 Å². The van der Waals surface area contributed by atoms with E-state index < -0.39 is 0 Å². The number of rotatable bonds is 2. The average Bonchev–Trinajstić information content (AvgIpc) is 2.20. The van der Waals surface area contributed by atoms with Gasteiger partial charge in [-0.25, -0.2) is 4.98 Å². The van der Waals surface area contributed by atoms with Crippen LogP contribution in [-0.4, -0.2) is 9.97 Å². The van der Waals surface area contributed by atoms with Gasteiger partial charge >= 0.3 is 0 Å². The predicted molar refractivity (Wildman–Crippen MR) is 63.9 cm³/mol. The molecule has 16 heavy (non-hydrogen) atoms. The maximum absolute atomic E-state index is 11.2. The highest BCUT2D eigenvalue weighted by atomic mass is 35.5. The molecule has 0 aliphatic carbocycles. The lowest BCUT2D eigenvalue weighted by molar-refractivity contribution is 0.945. The molecule has 0 saturated heterocycles. The van der Waals surface area contributed by atoms with Crippen molar-refractivity contribution in [2.24, 2.45) is 0 Å². The monoisotopic (exact) mass is 234 g/mol. The van der Waals surface area contributed by atoms with Crippen LogP contribution in [0.15, 0.2) is 35.1 Å². The fourth-order valence-electron chi connectivity index (χ4n) is 1.54. The second-order valence-corrected chi connectivity index (χ2v) is 4.06. The Balaban J connectivity index is 2.26. The standard InChI is InChI=1S/C12H11ClN2O/c1-8-14-11(7-12(16)15-8)6-9-2-4-10(13)5-3-9/h2-5,7H,6H2,1H3,(H,14,15,16). The molecule has 82 valence electrons. The molecular formula is C12H11ClN2O. The molecular weight excluding hydrogens is 224 g/mol. The van der Waals surface area contributed by atoms with E-state index in [0.29, 0.717) is 17.3 Å². The summed E-state index contributed by atoms with van der Waals surface area (Å²) in [5, 5.41) is 0.707. The Kier molecular flexibility index (Phi) is 3.06. The fourth-order valence-corrected chi connectivity index (χ4v) is 1.67. The predicted octanol–water partition coefficient (Wildman–Crippen LogP) is 2.32. The molecule has 1 aromatic carbocycles. The van der Waals surface area contributed by atoms with Gasteiger partial charge in [0.2, 0.25) is 0 Å². The van der Waals surface area contributed by atoms with E-state index >= 15 is 0 Å². The molecule has 0 aliphatic heterocycles. The Morgan fingerprint density at radius 2 is 2.00 bits per heavy atom. The van der Waals surface area contributed by atoms with E-state index in [1.165, 1.54) is 6.07 Å². The van der Waals surface area contributed by atoms with Crippen LogP contribution in [0.2, 0.25) is 5.02 Å². The van der Waals surface area contributed by atoms with E-state index in [4.69, 9.17) is 11.6 Å². The van der Waals surface area contributed by atoms with Crippen LogP contribution in [0.5, 0.6) is 0 Å². The molecule has 0 radical (unpaired) electrons. The van der Waals surface area contributed by atoms with Crippen LogP contribution in [0.1, 0.15) is 17.1 Å². The summed E-state index contributed by atoms with van der Waals surface area (Å²) in [6, 6.07) is 9.04. The molecule has 0 atom stereocenters. The number of H-pyrrole nitrogens is 1. The van der Waals surface area contributed by atoms with Crippen molar-refractivity contribution in [3.63, 3.8) is 0 Å². The van der Waals surface area contributed by atoms with Crippen molar-refractivity contribution in [3.8, 4) is 0 Å². The molecule has 1 N–H and O–H groups in total. The Hall–Kier alpha value is -1.61. The third kappa shape index (κ3) is 2.70. The molecule has 0 spiro atoms. The minimum absolute atomic E-state index is 0.114. The van der Waals surface area contributed by atoms with Gasteiger partial charge in [0, 0.05) is 17.5 Å². The zero-order valence-electron chi connectivity index (χ0n) is 8.83. The molecule has 0 saturated carbocycles. The van der Waals surface area contributed by atoms with Gasteiger partial charge in [-0.1, -0.05) is 23.7 Å². The number of aryl methyl sites for hydroxylation is 1. The zero-order valence-corrected chi connectivity index (χ0v) is 9.58. The van der Waals surface area contributed by atoms with Crippen LogP contribution in [0.4, 0.5) is 0 Å². The normalized spacial score (nSPS) is 10.4. The van der Waals surface area contributed by atoms with Crippen LogP contribution in [0.3, 0.4) is 0 Å². The van der Waals surface area contributed by atoms with E-state index in [1.54, 1.807) is 6.92 Å². The topological polar surface area (TPSA) is 45.8 Å². The second kappa shape index (κ2) is 4.49. The number of hydrogen-bond donors (Lipinski definition) is 1. The molecule has 2 rings (SSSR count). The van der Waals surface area contributed by atoms with Gasteiger partial charge in [0.15, 0.2) is 0 Å². The summed E-state index contributed by atoms with van der Waals surface area (Å²) in [5.74, 6) is 0.636. The first-order valence-electron chi connectivity index (χ1n) is 4.95. The van der Waals surface area contributed by atoms with Gasteiger partial charge in [0.05, 0.1) is 5.69 Å². The Labute approximate surface area is 98.1 Å². The number of halogens is 1. The molecule has 1 heterocycles.